The lowest BCUT2D eigenvalue weighted by molar-refractivity contribution is -0.131. The fourth-order valence-electron chi connectivity index (χ4n) is 0. The number of hydrogen-bond acceptors (Lipinski definition) is 6. The highest BCUT2D eigenvalue weighted by atomic mass is 31.2. The van der Waals surface area contributed by atoms with Crippen molar-refractivity contribution in [1.82, 2.24) is 0 Å². The Bertz CT molecular complexity index is 111. The molecule has 0 unspecified atom stereocenters. The average Bonchev–Trinajstić information content (AvgIpc) is 2.04. The summed E-state index contributed by atoms with van der Waals surface area (Å²) in [6, 6.07) is 0. The Balaban J connectivity index is -0.000000117. The lowest BCUT2D eigenvalue weighted by atomic mass is 10.7. The van der Waals surface area contributed by atoms with Gasteiger partial charge in [0.15, 0.2) is 0 Å². The molecule has 13 heavy (non-hydrogen) atoms. The molecule has 0 amide bonds. The zero-order valence-electron chi connectivity index (χ0n) is 6.74. The number of rotatable bonds is 2. The highest BCUT2D eigenvalue weighted by molar-refractivity contribution is 7.38. The molecule has 80 valence electrons. The van der Waals surface area contributed by atoms with Gasteiger partial charge in [0.05, 0.1) is 13.2 Å². The third kappa shape index (κ3) is 171. The topological polar surface area (TPSA) is 138 Å². The Morgan fingerprint density at radius 2 is 1.38 bits per heavy atom. The Morgan fingerprint density at radius 1 is 1.23 bits per heavy atom. The highest BCUT2D eigenvalue weighted by Gasteiger charge is 1.76. The van der Waals surface area contributed by atoms with Gasteiger partial charge in [-0.3, -0.25) is 0 Å². The zero-order valence-corrected chi connectivity index (χ0v) is 7.63. The van der Waals surface area contributed by atoms with Crippen molar-refractivity contribution in [1.29, 1.82) is 0 Å². The van der Waals surface area contributed by atoms with Gasteiger partial charge in [-0.05, 0) is 0 Å². The first-order chi connectivity index (χ1) is 5.92. The molecule has 0 bridgehead atoms. The summed E-state index contributed by atoms with van der Waals surface area (Å²) in [5.41, 5.74) is 0. The summed E-state index contributed by atoms with van der Waals surface area (Å²) in [4.78, 5) is 30.9. The van der Waals surface area contributed by atoms with Crippen molar-refractivity contribution in [3.8, 4) is 0 Å². The molecule has 0 aromatic rings. The van der Waals surface area contributed by atoms with E-state index in [0.29, 0.717) is 0 Å². The predicted molar refractivity (Wildman–Crippen MR) is 45.6 cm³/mol. The molecule has 0 aliphatic carbocycles. The van der Waals surface area contributed by atoms with E-state index < -0.39 is 14.6 Å². The summed E-state index contributed by atoms with van der Waals surface area (Å²) in [6.07, 6.45) is 0.833. The second kappa shape index (κ2) is 17.5. The lowest BCUT2D eigenvalue weighted by Gasteiger charge is -1.76. The van der Waals surface area contributed by atoms with Crippen molar-refractivity contribution in [3.05, 3.63) is 12.7 Å². The van der Waals surface area contributed by atoms with Crippen LogP contribution in [0.3, 0.4) is 0 Å². The van der Waals surface area contributed by atoms with E-state index in [4.69, 9.17) is 30.0 Å². The first kappa shape index (κ1) is 18.3. The van der Waals surface area contributed by atoms with Gasteiger partial charge in [0.25, 0.3) is 0 Å². The summed E-state index contributed by atoms with van der Waals surface area (Å²) in [6.45, 7) is 2.71. The van der Waals surface area contributed by atoms with Crippen molar-refractivity contribution in [2.75, 3.05) is 13.2 Å². The van der Waals surface area contributed by atoms with Crippen LogP contribution in [0.25, 0.3) is 0 Å². The molecule has 0 heterocycles. The molecule has 6 N–H and O–H groups in total. The van der Waals surface area contributed by atoms with Gasteiger partial charge in [0.1, 0.15) is 0 Å². The fraction of sp³-hybridized carbons (Fsp3) is 0.400. The molecule has 8 heteroatoms. The van der Waals surface area contributed by atoms with Crippen LogP contribution in [0, 0.1) is 0 Å². The molecule has 0 saturated heterocycles. The normalized spacial score (nSPS) is 7.54. The van der Waals surface area contributed by atoms with Crippen LogP contribution in [-0.4, -0.2) is 49.2 Å². The summed E-state index contributed by atoms with van der Waals surface area (Å²) in [5.74, 6) is -0.981. The van der Waals surface area contributed by atoms with Gasteiger partial charge in [0, 0.05) is 6.08 Å². The third-order valence-corrected chi connectivity index (χ3v) is 0.275. The standard InChI is InChI=1S/C3H4O2.C2H6O2.H3O3P/c1-2-3(4)5;3-1-2-4;1-4(2)3/h2H,1H2,(H,4,5);3-4H,1-2H2;1-3H. The number of aliphatic hydroxyl groups is 2. The number of aliphatic carboxylic acids is 1. The molecule has 0 aliphatic heterocycles. The van der Waals surface area contributed by atoms with Gasteiger partial charge >= 0.3 is 14.6 Å². The lowest BCUT2D eigenvalue weighted by Crippen LogP contribution is -1.85. The maximum absolute atomic E-state index is 9.25. The summed E-state index contributed by atoms with van der Waals surface area (Å²) in [5, 5.41) is 22.9. The molecule has 0 radical (unpaired) electrons. The minimum absolute atomic E-state index is 0.125. The first-order valence-electron chi connectivity index (χ1n) is 2.86. The minimum atomic E-state index is -2.62. The molecule has 0 saturated carbocycles. The number of carboxylic acids is 1. The van der Waals surface area contributed by atoms with Crippen molar-refractivity contribution in [2.24, 2.45) is 0 Å². The molecule has 0 aromatic carbocycles. The monoisotopic (exact) mass is 216 g/mol. The van der Waals surface area contributed by atoms with Crippen LogP contribution < -0.4 is 0 Å². The maximum atomic E-state index is 9.25. The number of carboxylic acid groups (broad SMARTS) is 1. The second-order valence-corrected chi connectivity index (χ2v) is 1.79. The van der Waals surface area contributed by atoms with Crippen molar-refractivity contribution in [3.63, 3.8) is 0 Å². The van der Waals surface area contributed by atoms with E-state index in [9.17, 15) is 4.79 Å². The van der Waals surface area contributed by atoms with Crippen molar-refractivity contribution < 1.29 is 34.8 Å². The van der Waals surface area contributed by atoms with Gasteiger partial charge < -0.3 is 30.0 Å². The maximum Gasteiger partial charge on any atom is 0.327 e. The largest absolute Gasteiger partial charge is 0.478 e. The van der Waals surface area contributed by atoms with Gasteiger partial charge in [-0.2, -0.15) is 0 Å². The molecule has 0 aliphatic rings. The van der Waals surface area contributed by atoms with Crippen LogP contribution >= 0.6 is 8.60 Å². The number of aliphatic hydroxyl groups excluding tert-OH is 2. The molecule has 0 fully saturated rings. The van der Waals surface area contributed by atoms with Crippen LogP contribution in [0.15, 0.2) is 12.7 Å². The average molecular weight is 216 g/mol. The minimum Gasteiger partial charge on any atom is -0.478 e. The number of hydrogen-bond donors (Lipinski definition) is 6. The molecule has 7 nitrogen and oxygen atoms in total. The van der Waals surface area contributed by atoms with E-state index in [1.807, 2.05) is 0 Å². The SMILES string of the molecule is C=CC(=O)O.OCCO.OP(O)O. The van der Waals surface area contributed by atoms with Crippen LogP contribution in [0.1, 0.15) is 0 Å². The van der Waals surface area contributed by atoms with E-state index in [2.05, 4.69) is 6.58 Å². The Morgan fingerprint density at radius 3 is 1.38 bits per heavy atom. The molecular formula is C5H13O7P. The van der Waals surface area contributed by atoms with Crippen molar-refractivity contribution >= 4 is 14.6 Å². The third-order valence-electron chi connectivity index (χ3n) is 0.275. The summed E-state index contributed by atoms with van der Waals surface area (Å²) < 4.78 is 0. The Hall–Kier alpha value is -0.560. The summed E-state index contributed by atoms with van der Waals surface area (Å²) in [7, 11) is -2.62. The molecule has 0 rings (SSSR count). The predicted octanol–water partition coefficient (Wildman–Crippen LogP) is -1.58. The second-order valence-electron chi connectivity index (χ2n) is 1.26. The van der Waals surface area contributed by atoms with Gasteiger partial charge in [-0.25, -0.2) is 4.79 Å². The van der Waals surface area contributed by atoms with Crippen LogP contribution in [-0.2, 0) is 4.79 Å². The molecule has 0 aromatic heterocycles. The smallest absolute Gasteiger partial charge is 0.327 e. The van der Waals surface area contributed by atoms with E-state index in [0.717, 1.165) is 6.08 Å². The fourth-order valence-corrected chi connectivity index (χ4v) is 0. The Labute approximate surface area is 76.2 Å². The zero-order chi connectivity index (χ0) is 11.3. The van der Waals surface area contributed by atoms with E-state index >= 15 is 0 Å². The van der Waals surface area contributed by atoms with Crippen LogP contribution in [0.5, 0.6) is 0 Å². The molecular weight excluding hydrogens is 203 g/mol. The van der Waals surface area contributed by atoms with Gasteiger partial charge in [-0.1, -0.05) is 6.58 Å². The quantitative estimate of drug-likeness (QED) is 0.242. The van der Waals surface area contributed by atoms with E-state index in [-0.39, 0.29) is 13.2 Å². The highest BCUT2D eigenvalue weighted by Crippen LogP contribution is 2.11. The Kier molecular flexibility index (Phi) is 24.6. The number of carbonyl (C=O) groups is 1. The summed E-state index contributed by atoms with van der Waals surface area (Å²) >= 11 is 0. The van der Waals surface area contributed by atoms with Crippen molar-refractivity contribution in [2.45, 2.75) is 0 Å². The van der Waals surface area contributed by atoms with Crippen LogP contribution in [0.2, 0.25) is 0 Å². The van der Waals surface area contributed by atoms with E-state index in [1.54, 1.807) is 0 Å². The molecule has 0 spiro atoms. The first-order valence-corrected chi connectivity index (χ1v) is 4.06. The molecule has 0 atom stereocenters. The van der Waals surface area contributed by atoms with Gasteiger partial charge in [-0.15, -0.1) is 0 Å². The van der Waals surface area contributed by atoms with Crippen LogP contribution in [0.4, 0.5) is 0 Å². The van der Waals surface area contributed by atoms with Gasteiger partial charge in [0.2, 0.25) is 0 Å². The van der Waals surface area contributed by atoms with E-state index in [1.165, 1.54) is 0 Å².